The van der Waals surface area contributed by atoms with Gasteiger partial charge in [-0.05, 0) is 19.9 Å². The fourth-order valence-corrected chi connectivity index (χ4v) is 3.80. The van der Waals surface area contributed by atoms with Gasteiger partial charge in [0.2, 0.25) is 0 Å². The van der Waals surface area contributed by atoms with Gasteiger partial charge in [0, 0.05) is 16.6 Å². The smallest absolute Gasteiger partial charge is 0.338 e. The highest BCUT2D eigenvalue weighted by atomic mass is 16.7. The van der Waals surface area contributed by atoms with E-state index in [0.29, 0.717) is 44.2 Å². The van der Waals surface area contributed by atoms with E-state index in [1.807, 2.05) is 35.8 Å². The van der Waals surface area contributed by atoms with Gasteiger partial charge in [-0.3, -0.25) is 0 Å². The number of carboxylic acid groups (broad SMARTS) is 1. The lowest BCUT2D eigenvalue weighted by Gasteiger charge is -2.43. The second-order valence-corrected chi connectivity index (χ2v) is 7.38. The number of carbonyl (C=O) groups is 1. The molecule has 140 valence electrons. The van der Waals surface area contributed by atoms with Gasteiger partial charge >= 0.3 is 5.97 Å². The SMILES string of the molecule is Cc1c(C(=O)O)c2ccccc2n1CC1OCC(NC2(C)COC2)CO1. The van der Waals surface area contributed by atoms with Crippen LogP contribution >= 0.6 is 0 Å². The molecule has 7 heteroatoms. The van der Waals surface area contributed by atoms with Crippen LogP contribution in [-0.2, 0) is 20.8 Å². The molecule has 2 N–H and O–H groups in total. The molecule has 4 rings (SSSR count). The second kappa shape index (κ2) is 6.66. The Kier molecular flexibility index (Phi) is 4.48. The Labute approximate surface area is 151 Å². The zero-order chi connectivity index (χ0) is 18.3. The molecule has 1 aromatic carbocycles. The number of nitrogens with zero attached hydrogens (tertiary/aromatic N) is 1. The summed E-state index contributed by atoms with van der Waals surface area (Å²) in [5.41, 5.74) is 1.95. The first-order valence-electron chi connectivity index (χ1n) is 8.87. The van der Waals surface area contributed by atoms with E-state index >= 15 is 0 Å². The molecule has 0 spiro atoms. The molecule has 0 radical (unpaired) electrons. The summed E-state index contributed by atoms with van der Waals surface area (Å²) >= 11 is 0. The molecule has 26 heavy (non-hydrogen) atoms. The van der Waals surface area contributed by atoms with E-state index in [0.717, 1.165) is 10.9 Å². The molecule has 2 aliphatic rings. The summed E-state index contributed by atoms with van der Waals surface area (Å²) in [6, 6.07) is 7.67. The van der Waals surface area contributed by atoms with Gasteiger partial charge in [-0.2, -0.15) is 0 Å². The van der Waals surface area contributed by atoms with Crippen LogP contribution in [0.5, 0.6) is 0 Å². The Hall–Kier alpha value is -1.93. The topological polar surface area (TPSA) is 82.0 Å². The monoisotopic (exact) mass is 360 g/mol. The van der Waals surface area contributed by atoms with E-state index in [4.69, 9.17) is 14.2 Å². The highest BCUT2D eigenvalue weighted by molar-refractivity contribution is 6.05. The third-order valence-corrected chi connectivity index (χ3v) is 5.14. The van der Waals surface area contributed by atoms with E-state index in [1.54, 1.807) is 0 Å². The van der Waals surface area contributed by atoms with Crippen molar-refractivity contribution >= 4 is 16.9 Å². The molecule has 0 amide bonds. The predicted octanol–water partition coefficient (Wildman–Crippen LogP) is 1.77. The van der Waals surface area contributed by atoms with Crippen LogP contribution in [0, 0.1) is 6.92 Å². The molecule has 2 aromatic rings. The number of fused-ring (bicyclic) bond motifs is 1. The first-order chi connectivity index (χ1) is 12.5. The van der Waals surface area contributed by atoms with Crippen molar-refractivity contribution in [2.45, 2.75) is 38.3 Å². The van der Waals surface area contributed by atoms with Crippen LogP contribution in [0.2, 0.25) is 0 Å². The molecule has 0 bridgehead atoms. The number of hydrogen-bond donors (Lipinski definition) is 2. The minimum absolute atomic E-state index is 0.00777. The Bertz CT molecular complexity index is 819. The minimum Gasteiger partial charge on any atom is -0.478 e. The van der Waals surface area contributed by atoms with Crippen LogP contribution in [0.3, 0.4) is 0 Å². The zero-order valence-electron chi connectivity index (χ0n) is 15.0. The maximum Gasteiger partial charge on any atom is 0.338 e. The molecule has 0 unspecified atom stereocenters. The van der Waals surface area contributed by atoms with Crippen LogP contribution in [0.1, 0.15) is 23.0 Å². The molecule has 3 heterocycles. The summed E-state index contributed by atoms with van der Waals surface area (Å²) in [5, 5.41) is 13.8. The summed E-state index contributed by atoms with van der Waals surface area (Å²) in [6.07, 6.45) is -0.394. The molecule has 7 nitrogen and oxygen atoms in total. The van der Waals surface area contributed by atoms with Crippen molar-refractivity contribution in [1.29, 1.82) is 0 Å². The minimum atomic E-state index is -0.914. The van der Waals surface area contributed by atoms with E-state index in [9.17, 15) is 9.90 Å². The fraction of sp³-hybridized carbons (Fsp3) is 0.526. The van der Waals surface area contributed by atoms with Gasteiger partial charge in [0.1, 0.15) is 0 Å². The zero-order valence-corrected chi connectivity index (χ0v) is 15.0. The number of hydrogen-bond acceptors (Lipinski definition) is 5. The average molecular weight is 360 g/mol. The summed E-state index contributed by atoms with van der Waals surface area (Å²) in [5.74, 6) is -0.914. The lowest BCUT2D eigenvalue weighted by Crippen LogP contribution is -2.63. The normalized spacial score (nSPS) is 25.2. The van der Waals surface area contributed by atoms with Crippen LogP contribution < -0.4 is 5.32 Å². The molecule has 2 saturated heterocycles. The number of nitrogens with one attached hydrogen (secondary N) is 1. The van der Waals surface area contributed by atoms with Crippen molar-refractivity contribution in [2.75, 3.05) is 26.4 Å². The first kappa shape index (κ1) is 17.5. The van der Waals surface area contributed by atoms with Gasteiger partial charge in [0.25, 0.3) is 0 Å². The van der Waals surface area contributed by atoms with E-state index in [2.05, 4.69) is 12.2 Å². The highest BCUT2D eigenvalue weighted by Crippen LogP contribution is 2.27. The van der Waals surface area contributed by atoms with Gasteiger partial charge in [0.05, 0.1) is 50.1 Å². The Balaban J connectivity index is 1.47. The number of ether oxygens (including phenoxy) is 3. The number of carboxylic acids is 1. The van der Waals surface area contributed by atoms with Crippen molar-refractivity contribution < 1.29 is 24.1 Å². The second-order valence-electron chi connectivity index (χ2n) is 7.38. The molecule has 0 aliphatic carbocycles. The lowest BCUT2D eigenvalue weighted by atomic mass is 9.99. The molecular formula is C19H24N2O5. The van der Waals surface area contributed by atoms with Crippen molar-refractivity contribution in [3.63, 3.8) is 0 Å². The van der Waals surface area contributed by atoms with E-state index in [1.165, 1.54) is 0 Å². The van der Waals surface area contributed by atoms with Crippen molar-refractivity contribution in [2.24, 2.45) is 0 Å². The fourth-order valence-electron chi connectivity index (χ4n) is 3.80. The Morgan fingerprint density at radius 1 is 1.31 bits per heavy atom. The lowest BCUT2D eigenvalue weighted by molar-refractivity contribution is -0.202. The number of aromatic nitrogens is 1. The van der Waals surface area contributed by atoms with Crippen LogP contribution in [-0.4, -0.2) is 59.9 Å². The third kappa shape index (κ3) is 3.12. The molecular weight excluding hydrogens is 336 g/mol. The number of rotatable bonds is 5. The maximum absolute atomic E-state index is 11.7. The molecule has 1 aromatic heterocycles. The number of benzene rings is 1. The molecule has 0 atom stereocenters. The summed E-state index contributed by atoms with van der Waals surface area (Å²) in [4.78, 5) is 11.7. The van der Waals surface area contributed by atoms with Gasteiger partial charge in [0.15, 0.2) is 6.29 Å². The van der Waals surface area contributed by atoms with E-state index < -0.39 is 12.3 Å². The Morgan fingerprint density at radius 2 is 2.00 bits per heavy atom. The van der Waals surface area contributed by atoms with Crippen molar-refractivity contribution in [3.8, 4) is 0 Å². The number of para-hydroxylation sites is 1. The average Bonchev–Trinajstić information content (AvgIpc) is 2.87. The van der Waals surface area contributed by atoms with Gasteiger partial charge in [-0.15, -0.1) is 0 Å². The van der Waals surface area contributed by atoms with Gasteiger partial charge < -0.3 is 29.2 Å². The van der Waals surface area contributed by atoms with Crippen LogP contribution in [0.15, 0.2) is 24.3 Å². The van der Waals surface area contributed by atoms with Crippen molar-refractivity contribution in [1.82, 2.24) is 9.88 Å². The van der Waals surface area contributed by atoms with Gasteiger partial charge in [-0.25, -0.2) is 4.79 Å². The Morgan fingerprint density at radius 3 is 2.62 bits per heavy atom. The summed E-state index contributed by atoms with van der Waals surface area (Å²) in [6.45, 7) is 6.96. The molecule has 2 fully saturated rings. The quantitative estimate of drug-likeness (QED) is 0.846. The van der Waals surface area contributed by atoms with Crippen LogP contribution in [0.25, 0.3) is 10.9 Å². The molecule has 0 saturated carbocycles. The van der Waals surface area contributed by atoms with E-state index in [-0.39, 0.29) is 11.6 Å². The standard InChI is InChI=1S/C19H24N2O5/c1-12-17(18(22)23)14-5-3-4-6-15(14)21(12)7-16-25-8-13(9-26-16)20-19(2)10-24-11-19/h3-6,13,16,20H,7-11H2,1-2H3,(H,22,23). The highest BCUT2D eigenvalue weighted by Gasteiger charge is 2.37. The van der Waals surface area contributed by atoms with Crippen LogP contribution in [0.4, 0.5) is 0 Å². The summed E-state index contributed by atoms with van der Waals surface area (Å²) < 4.78 is 19.0. The maximum atomic E-state index is 11.7. The first-order valence-corrected chi connectivity index (χ1v) is 8.87. The largest absolute Gasteiger partial charge is 0.478 e. The number of aromatic carboxylic acids is 1. The predicted molar refractivity (Wildman–Crippen MR) is 95.5 cm³/mol. The van der Waals surface area contributed by atoms with Gasteiger partial charge in [-0.1, -0.05) is 18.2 Å². The summed E-state index contributed by atoms with van der Waals surface area (Å²) in [7, 11) is 0. The van der Waals surface area contributed by atoms with Crippen molar-refractivity contribution in [3.05, 3.63) is 35.5 Å². The third-order valence-electron chi connectivity index (χ3n) is 5.14. The molecule has 2 aliphatic heterocycles.